The van der Waals surface area contributed by atoms with Crippen LogP contribution < -0.4 is 4.74 Å². The van der Waals surface area contributed by atoms with Crippen LogP contribution in [0, 0.1) is 6.92 Å². The van der Waals surface area contributed by atoms with E-state index in [1.807, 2.05) is 6.92 Å². The van der Waals surface area contributed by atoms with Gasteiger partial charge in [0, 0.05) is 38.1 Å². The Labute approximate surface area is 156 Å². The third kappa shape index (κ3) is 4.87. The molecule has 25 heavy (non-hydrogen) atoms. The first-order valence-electron chi connectivity index (χ1n) is 8.00. The zero-order valence-electron chi connectivity index (χ0n) is 13.9. The number of piperazine rings is 1. The maximum Gasteiger partial charge on any atom is 0.260 e. The molecule has 6 nitrogen and oxygen atoms in total. The number of ether oxygens (including phenoxy) is 1. The molecule has 1 saturated heterocycles. The van der Waals surface area contributed by atoms with Crippen LogP contribution >= 0.6 is 23.2 Å². The van der Waals surface area contributed by atoms with Gasteiger partial charge in [-0.15, -0.1) is 0 Å². The number of hydrogen-bond acceptors (Lipinski definition) is 5. The molecule has 0 N–H and O–H groups in total. The lowest BCUT2D eigenvalue weighted by Crippen LogP contribution is -2.49. The van der Waals surface area contributed by atoms with Crippen molar-refractivity contribution in [2.24, 2.45) is 0 Å². The minimum absolute atomic E-state index is 0.0390. The van der Waals surface area contributed by atoms with E-state index in [0.717, 1.165) is 18.8 Å². The van der Waals surface area contributed by atoms with Crippen LogP contribution in [0.5, 0.6) is 5.75 Å². The van der Waals surface area contributed by atoms with Crippen LogP contribution in [0.25, 0.3) is 0 Å². The smallest absolute Gasteiger partial charge is 0.260 e. The standard InChI is InChI=1S/C17H19Cl2N3O3/c1-12-20-9-14(25-12)10-21-4-6-22(7-5-21)17(23)11-24-16-3-2-13(18)8-15(16)19/h2-3,8-9H,4-7,10-11H2,1H3. The van der Waals surface area contributed by atoms with E-state index in [0.29, 0.717) is 41.3 Å². The third-order valence-electron chi connectivity index (χ3n) is 4.02. The molecule has 0 aliphatic carbocycles. The van der Waals surface area contributed by atoms with Gasteiger partial charge in [-0.3, -0.25) is 9.69 Å². The monoisotopic (exact) mass is 383 g/mol. The summed E-state index contributed by atoms with van der Waals surface area (Å²) in [5, 5.41) is 0.925. The maximum absolute atomic E-state index is 12.3. The predicted octanol–water partition coefficient (Wildman–Crippen LogP) is 3.01. The molecule has 3 rings (SSSR count). The van der Waals surface area contributed by atoms with Crippen LogP contribution in [0.1, 0.15) is 11.7 Å². The topological polar surface area (TPSA) is 58.8 Å². The van der Waals surface area contributed by atoms with Crippen LogP contribution in [0.2, 0.25) is 10.0 Å². The van der Waals surface area contributed by atoms with Gasteiger partial charge in [0.15, 0.2) is 12.5 Å². The highest BCUT2D eigenvalue weighted by Gasteiger charge is 2.22. The molecule has 2 aromatic rings. The number of carbonyl (C=O) groups excluding carboxylic acids is 1. The summed E-state index contributed by atoms with van der Waals surface area (Å²) in [5.74, 6) is 1.92. The summed E-state index contributed by atoms with van der Waals surface area (Å²) in [7, 11) is 0. The van der Waals surface area contributed by atoms with Gasteiger partial charge < -0.3 is 14.1 Å². The maximum atomic E-state index is 12.3. The fourth-order valence-electron chi connectivity index (χ4n) is 2.68. The number of halogens is 2. The van der Waals surface area contributed by atoms with Crippen molar-refractivity contribution in [3.8, 4) is 5.75 Å². The molecule has 1 aliphatic rings. The molecule has 0 saturated carbocycles. The van der Waals surface area contributed by atoms with E-state index in [-0.39, 0.29) is 12.5 Å². The van der Waals surface area contributed by atoms with Gasteiger partial charge in [-0.1, -0.05) is 23.2 Å². The van der Waals surface area contributed by atoms with Crippen LogP contribution in [0.15, 0.2) is 28.8 Å². The Balaban J connectivity index is 1.45. The number of hydrogen-bond donors (Lipinski definition) is 0. The van der Waals surface area contributed by atoms with E-state index in [4.69, 9.17) is 32.4 Å². The van der Waals surface area contributed by atoms with E-state index < -0.39 is 0 Å². The lowest BCUT2D eigenvalue weighted by Gasteiger charge is -2.34. The van der Waals surface area contributed by atoms with E-state index in [2.05, 4.69) is 9.88 Å². The summed E-state index contributed by atoms with van der Waals surface area (Å²) < 4.78 is 11.0. The van der Waals surface area contributed by atoms with Crippen LogP contribution in [-0.2, 0) is 11.3 Å². The zero-order chi connectivity index (χ0) is 17.8. The quantitative estimate of drug-likeness (QED) is 0.793. The highest BCUT2D eigenvalue weighted by atomic mass is 35.5. The van der Waals surface area contributed by atoms with Crippen molar-refractivity contribution in [2.45, 2.75) is 13.5 Å². The SMILES string of the molecule is Cc1ncc(CN2CCN(C(=O)COc3ccc(Cl)cc3Cl)CC2)o1. The Kier molecular flexibility index (Phi) is 5.83. The van der Waals surface area contributed by atoms with Crippen molar-refractivity contribution in [1.29, 1.82) is 0 Å². The van der Waals surface area contributed by atoms with Crippen molar-refractivity contribution in [1.82, 2.24) is 14.8 Å². The van der Waals surface area contributed by atoms with Crippen molar-refractivity contribution in [2.75, 3.05) is 32.8 Å². The van der Waals surface area contributed by atoms with Gasteiger partial charge in [0.1, 0.15) is 11.5 Å². The summed E-state index contributed by atoms with van der Waals surface area (Å²) in [6.07, 6.45) is 1.75. The fraction of sp³-hybridized carbons (Fsp3) is 0.412. The molecule has 1 fully saturated rings. The molecule has 1 aromatic carbocycles. The average molecular weight is 384 g/mol. The molecule has 0 unspecified atom stereocenters. The Morgan fingerprint density at radius 3 is 2.68 bits per heavy atom. The Bertz CT molecular complexity index is 742. The molecule has 1 aromatic heterocycles. The van der Waals surface area contributed by atoms with E-state index in [1.54, 1.807) is 29.3 Å². The summed E-state index contributed by atoms with van der Waals surface area (Å²) in [6.45, 7) is 5.38. The van der Waals surface area contributed by atoms with Crippen molar-refractivity contribution in [3.05, 3.63) is 46.1 Å². The molecule has 1 aliphatic heterocycles. The zero-order valence-corrected chi connectivity index (χ0v) is 15.4. The first-order valence-corrected chi connectivity index (χ1v) is 8.76. The number of rotatable bonds is 5. The lowest BCUT2D eigenvalue weighted by molar-refractivity contribution is -0.135. The predicted molar refractivity (Wildman–Crippen MR) is 95.1 cm³/mol. The molecule has 0 radical (unpaired) electrons. The largest absolute Gasteiger partial charge is 0.482 e. The summed E-state index contributed by atoms with van der Waals surface area (Å²) in [6, 6.07) is 4.93. The van der Waals surface area contributed by atoms with E-state index in [9.17, 15) is 4.79 Å². The second-order valence-corrected chi connectivity index (χ2v) is 6.71. The van der Waals surface area contributed by atoms with Crippen molar-refractivity contribution >= 4 is 29.1 Å². The average Bonchev–Trinajstić information content (AvgIpc) is 2.99. The highest BCUT2D eigenvalue weighted by molar-refractivity contribution is 6.35. The molecular weight excluding hydrogens is 365 g/mol. The van der Waals surface area contributed by atoms with Gasteiger partial charge in [0.05, 0.1) is 17.8 Å². The molecular formula is C17H19Cl2N3O3. The first-order chi connectivity index (χ1) is 12.0. The first kappa shape index (κ1) is 18.0. The summed E-state index contributed by atoms with van der Waals surface area (Å²) >= 11 is 11.9. The number of amides is 1. The molecule has 0 atom stereocenters. The lowest BCUT2D eigenvalue weighted by atomic mass is 10.3. The number of nitrogens with zero attached hydrogens (tertiary/aromatic N) is 3. The normalized spacial score (nSPS) is 15.4. The molecule has 8 heteroatoms. The van der Waals surface area contributed by atoms with E-state index in [1.165, 1.54) is 0 Å². The molecule has 134 valence electrons. The van der Waals surface area contributed by atoms with Gasteiger partial charge in [-0.25, -0.2) is 4.98 Å². The summed E-state index contributed by atoms with van der Waals surface area (Å²) in [5.41, 5.74) is 0. The van der Waals surface area contributed by atoms with Crippen LogP contribution in [-0.4, -0.2) is 53.5 Å². The number of carbonyl (C=O) groups is 1. The second kappa shape index (κ2) is 8.08. The molecule has 0 spiro atoms. The Morgan fingerprint density at radius 1 is 1.28 bits per heavy atom. The number of aryl methyl sites for hydroxylation is 1. The Morgan fingerprint density at radius 2 is 2.04 bits per heavy atom. The molecule has 2 heterocycles. The fourth-order valence-corrected chi connectivity index (χ4v) is 3.14. The van der Waals surface area contributed by atoms with Crippen LogP contribution in [0.3, 0.4) is 0 Å². The Hall–Kier alpha value is -1.76. The van der Waals surface area contributed by atoms with Gasteiger partial charge in [0.25, 0.3) is 5.91 Å². The highest BCUT2D eigenvalue weighted by Crippen LogP contribution is 2.27. The minimum atomic E-state index is -0.0545. The number of benzene rings is 1. The second-order valence-electron chi connectivity index (χ2n) is 5.87. The summed E-state index contributed by atoms with van der Waals surface area (Å²) in [4.78, 5) is 20.4. The van der Waals surface area contributed by atoms with Gasteiger partial charge in [-0.05, 0) is 18.2 Å². The van der Waals surface area contributed by atoms with E-state index >= 15 is 0 Å². The van der Waals surface area contributed by atoms with Crippen molar-refractivity contribution in [3.63, 3.8) is 0 Å². The number of aromatic nitrogens is 1. The van der Waals surface area contributed by atoms with Crippen molar-refractivity contribution < 1.29 is 13.9 Å². The van der Waals surface area contributed by atoms with Crippen LogP contribution in [0.4, 0.5) is 0 Å². The van der Waals surface area contributed by atoms with Gasteiger partial charge >= 0.3 is 0 Å². The van der Waals surface area contributed by atoms with Gasteiger partial charge in [-0.2, -0.15) is 0 Å². The molecule has 0 bridgehead atoms. The third-order valence-corrected chi connectivity index (χ3v) is 4.55. The minimum Gasteiger partial charge on any atom is -0.482 e. The number of oxazole rings is 1. The molecule has 1 amide bonds. The van der Waals surface area contributed by atoms with Gasteiger partial charge in [0.2, 0.25) is 0 Å².